The van der Waals surface area contributed by atoms with Crippen molar-refractivity contribution in [1.29, 1.82) is 0 Å². The number of nitrogens with zero attached hydrogens (tertiary/aromatic N) is 3. The molecule has 5 aromatic rings. The number of rotatable bonds is 6. The fourth-order valence-electron chi connectivity index (χ4n) is 4.01. The van der Waals surface area contributed by atoms with E-state index in [1.807, 2.05) is 43.3 Å². The Kier molecular flexibility index (Phi) is 6.66. The Bertz CT molecular complexity index is 1650. The van der Waals surface area contributed by atoms with Crippen LogP contribution in [-0.4, -0.2) is 33.0 Å². The molecule has 37 heavy (non-hydrogen) atoms. The summed E-state index contributed by atoms with van der Waals surface area (Å²) in [6.45, 7) is 1.83. The highest BCUT2D eigenvalue weighted by Gasteiger charge is 2.18. The van der Waals surface area contributed by atoms with Gasteiger partial charge in [0.1, 0.15) is 16.6 Å². The van der Waals surface area contributed by atoms with Gasteiger partial charge in [-0.3, -0.25) is 9.59 Å². The molecule has 0 saturated carbocycles. The number of carbonyl (C=O) groups excluding carboxylic acids is 1. The highest BCUT2D eigenvalue weighted by atomic mass is 35.5. The van der Waals surface area contributed by atoms with Crippen molar-refractivity contribution < 1.29 is 9.53 Å². The molecule has 1 amide bonds. The summed E-state index contributed by atoms with van der Waals surface area (Å²) in [5.74, 6) is 0.366. The number of aromatic amines is 1. The fraction of sp³-hybridized carbons (Fsp3) is 0.107. The second kappa shape index (κ2) is 10.2. The number of pyridine rings is 2. The summed E-state index contributed by atoms with van der Waals surface area (Å²) >= 11 is 6.23. The minimum atomic E-state index is -0.443. The third-order valence-electron chi connectivity index (χ3n) is 5.75. The second-order valence-corrected chi connectivity index (χ2v) is 8.80. The summed E-state index contributed by atoms with van der Waals surface area (Å²) in [5.41, 5.74) is 4.12. The van der Waals surface area contributed by atoms with Gasteiger partial charge in [0, 0.05) is 23.0 Å². The average molecular weight is 512 g/mol. The van der Waals surface area contributed by atoms with Gasteiger partial charge in [0.15, 0.2) is 11.2 Å². The molecule has 2 aromatic carbocycles. The van der Waals surface area contributed by atoms with E-state index in [9.17, 15) is 9.59 Å². The van der Waals surface area contributed by atoms with Crippen LogP contribution in [0.15, 0.2) is 77.7 Å². The molecule has 0 atom stereocenters. The van der Waals surface area contributed by atoms with Gasteiger partial charge in [-0.15, -0.1) is 0 Å². The van der Waals surface area contributed by atoms with Gasteiger partial charge in [0.05, 0.1) is 24.9 Å². The number of amides is 1. The van der Waals surface area contributed by atoms with Crippen LogP contribution >= 0.6 is 11.6 Å². The summed E-state index contributed by atoms with van der Waals surface area (Å²) < 4.78 is 5.15. The maximum absolute atomic E-state index is 13.4. The first-order chi connectivity index (χ1) is 17.9. The third kappa shape index (κ3) is 5.19. The Morgan fingerprint density at radius 1 is 0.973 bits per heavy atom. The van der Waals surface area contributed by atoms with Crippen LogP contribution in [0.3, 0.4) is 0 Å². The van der Waals surface area contributed by atoms with Gasteiger partial charge in [-0.05, 0) is 36.8 Å². The lowest BCUT2D eigenvalue weighted by molar-refractivity contribution is -0.115. The van der Waals surface area contributed by atoms with Crippen LogP contribution in [0.2, 0.25) is 5.15 Å². The van der Waals surface area contributed by atoms with Crippen molar-refractivity contribution in [2.45, 2.75) is 13.3 Å². The molecule has 9 heteroatoms. The Labute approximate surface area is 217 Å². The number of aryl methyl sites for hydroxylation is 1. The number of methoxy groups -OCH3 is 1. The van der Waals surface area contributed by atoms with E-state index in [0.717, 1.165) is 11.1 Å². The first kappa shape index (κ1) is 24.1. The predicted molar refractivity (Wildman–Crippen MR) is 144 cm³/mol. The Morgan fingerprint density at radius 3 is 2.41 bits per heavy atom. The van der Waals surface area contributed by atoms with E-state index >= 15 is 0 Å². The first-order valence-corrected chi connectivity index (χ1v) is 11.9. The maximum Gasteiger partial charge on any atom is 0.232 e. The van der Waals surface area contributed by atoms with Crippen molar-refractivity contribution in [1.82, 2.24) is 19.9 Å². The van der Waals surface area contributed by atoms with E-state index < -0.39 is 5.43 Å². The highest BCUT2D eigenvalue weighted by molar-refractivity contribution is 6.29. The number of hydrogen-bond acceptors (Lipinski definition) is 6. The molecule has 0 unspecified atom stereocenters. The number of benzene rings is 2. The number of nitrogens with one attached hydrogen (secondary N) is 2. The molecule has 3 heterocycles. The highest BCUT2D eigenvalue weighted by Crippen LogP contribution is 2.31. The van der Waals surface area contributed by atoms with E-state index in [1.165, 1.54) is 6.20 Å². The second-order valence-electron chi connectivity index (χ2n) is 8.41. The van der Waals surface area contributed by atoms with E-state index in [-0.39, 0.29) is 23.5 Å². The van der Waals surface area contributed by atoms with Crippen LogP contribution in [0.1, 0.15) is 11.3 Å². The number of fused-ring (bicyclic) bond motifs is 1. The number of halogens is 1. The van der Waals surface area contributed by atoms with Crippen LogP contribution in [0.5, 0.6) is 5.75 Å². The van der Waals surface area contributed by atoms with Crippen LogP contribution in [0, 0.1) is 6.92 Å². The zero-order valence-corrected chi connectivity index (χ0v) is 20.8. The molecule has 0 radical (unpaired) electrons. The molecular formula is C28H22ClN5O3. The van der Waals surface area contributed by atoms with Gasteiger partial charge in [0.2, 0.25) is 11.3 Å². The van der Waals surface area contributed by atoms with Crippen LogP contribution in [0.25, 0.3) is 33.7 Å². The number of aromatic nitrogens is 4. The van der Waals surface area contributed by atoms with Crippen molar-refractivity contribution in [2.24, 2.45) is 0 Å². The van der Waals surface area contributed by atoms with Crippen LogP contribution in [-0.2, 0) is 11.2 Å². The molecule has 0 bridgehead atoms. The lowest BCUT2D eigenvalue weighted by Gasteiger charge is -2.12. The van der Waals surface area contributed by atoms with Crippen molar-refractivity contribution >= 4 is 34.4 Å². The molecule has 0 aliphatic rings. The number of anilines is 1. The number of hydrogen-bond donors (Lipinski definition) is 2. The van der Waals surface area contributed by atoms with Gasteiger partial charge in [-0.1, -0.05) is 54.1 Å². The van der Waals surface area contributed by atoms with E-state index in [0.29, 0.717) is 39.2 Å². The summed E-state index contributed by atoms with van der Waals surface area (Å²) in [6.07, 6.45) is 1.54. The molecular weight excluding hydrogens is 490 g/mol. The summed E-state index contributed by atoms with van der Waals surface area (Å²) in [6, 6.07) is 20.2. The van der Waals surface area contributed by atoms with Crippen molar-refractivity contribution in [3.8, 4) is 28.3 Å². The lowest BCUT2D eigenvalue weighted by Crippen LogP contribution is -2.21. The van der Waals surface area contributed by atoms with E-state index in [4.69, 9.17) is 26.3 Å². The monoisotopic (exact) mass is 511 g/mol. The van der Waals surface area contributed by atoms with Crippen molar-refractivity contribution in [3.05, 3.63) is 99.6 Å². The van der Waals surface area contributed by atoms with E-state index in [2.05, 4.69) is 15.3 Å². The largest absolute Gasteiger partial charge is 0.497 e. The van der Waals surface area contributed by atoms with Crippen molar-refractivity contribution in [2.75, 3.05) is 12.4 Å². The molecule has 0 fully saturated rings. The molecule has 8 nitrogen and oxygen atoms in total. The molecule has 0 saturated heterocycles. The van der Waals surface area contributed by atoms with E-state index in [1.54, 1.807) is 37.4 Å². The molecule has 3 aromatic heterocycles. The minimum absolute atomic E-state index is 0.0858. The molecule has 0 aliphatic carbocycles. The lowest BCUT2D eigenvalue weighted by atomic mass is 10.0. The number of ether oxygens (including phenoxy) is 1. The Balaban J connectivity index is 1.56. The van der Waals surface area contributed by atoms with Gasteiger partial charge < -0.3 is 15.0 Å². The molecule has 184 valence electrons. The third-order valence-corrected chi connectivity index (χ3v) is 5.94. The molecule has 5 rings (SSSR count). The molecule has 2 N–H and O–H groups in total. The fourth-order valence-corrected chi connectivity index (χ4v) is 4.26. The van der Waals surface area contributed by atoms with Gasteiger partial charge in [-0.2, -0.15) is 0 Å². The number of carbonyl (C=O) groups is 1. The average Bonchev–Trinajstić information content (AvgIpc) is 2.90. The van der Waals surface area contributed by atoms with Gasteiger partial charge in [-0.25, -0.2) is 15.0 Å². The van der Waals surface area contributed by atoms with Gasteiger partial charge >= 0.3 is 0 Å². The Morgan fingerprint density at radius 2 is 1.70 bits per heavy atom. The smallest absolute Gasteiger partial charge is 0.232 e. The van der Waals surface area contributed by atoms with Crippen molar-refractivity contribution in [3.63, 3.8) is 0 Å². The normalized spacial score (nSPS) is 10.9. The maximum atomic E-state index is 13.4. The first-order valence-electron chi connectivity index (χ1n) is 11.5. The predicted octanol–water partition coefficient (Wildman–Crippen LogP) is 5.20. The van der Waals surface area contributed by atoms with Gasteiger partial charge in [0.25, 0.3) is 0 Å². The zero-order valence-electron chi connectivity index (χ0n) is 20.1. The summed E-state index contributed by atoms with van der Waals surface area (Å²) in [4.78, 5) is 42.7. The summed E-state index contributed by atoms with van der Waals surface area (Å²) in [5, 5.41) is 3.00. The standard InChI is InChI=1S/C28H22ClN5O3/c1-16-12-19(14-22(29)31-16)25-24(18-6-4-3-5-7-18)34-28-26(33-25)27(36)21(15-30-28)32-23(35)13-17-8-10-20(37-2)11-9-17/h3-12,14-15H,13H2,1-2H3,(H,32,35)(H,30,34,36). The summed E-state index contributed by atoms with van der Waals surface area (Å²) in [7, 11) is 1.58. The molecule has 0 aliphatic heterocycles. The zero-order chi connectivity index (χ0) is 25.9. The topological polar surface area (TPSA) is 110 Å². The SMILES string of the molecule is COc1ccc(CC(=O)Nc2c[nH]c3nc(-c4ccccc4)c(-c4cc(C)nc(Cl)c4)nc3c2=O)cc1. The molecule has 0 spiro atoms. The quantitative estimate of drug-likeness (QED) is 0.303. The van der Waals surface area contributed by atoms with Crippen LogP contribution in [0.4, 0.5) is 5.69 Å². The minimum Gasteiger partial charge on any atom is -0.497 e. The number of H-pyrrole nitrogens is 1. The van der Waals surface area contributed by atoms with Crippen LogP contribution < -0.4 is 15.5 Å². The Hall–Kier alpha value is -4.56.